The topological polar surface area (TPSA) is 59.0 Å². The number of carbonyl (C=O) groups excluding carboxylic acids is 1. The van der Waals surface area contributed by atoms with Gasteiger partial charge in [-0.15, -0.1) is 11.3 Å². The number of thiophene rings is 1. The minimum atomic E-state index is -0.267. The summed E-state index contributed by atoms with van der Waals surface area (Å²) in [4.78, 5) is 13.2. The Balaban J connectivity index is 1.37. The maximum atomic E-state index is 12.1. The van der Waals surface area contributed by atoms with Crippen molar-refractivity contribution in [3.63, 3.8) is 0 Å². The number of para-hydroxylation sites is 1. The van der Waals surface area contributed by atoms with Crippen LogP contribution in [-0.4, -0.2) is 22.4 Å². The lowest BCUT2D eigenvalue weighted by Crippen LogP contribution is -2.32. The smallest absolute Gasteiger partial charge is 0.319 e. The minimum Gasteiger partial charge on any atom is -0.336 e. The number of nitrogens with one attached hydrogen (secondary N) is 2. The Morgan fingerprint density at radius 3 is 2.85 bits per heavy atom. The highest BCUT2D eigenvalue weighted by molar-refractivity contribution is 7.13. The third kappa shape index (κ3) is 3.92. The molecule has 7 heteroatoms. The molecular weight excluding hydrogens is 368 g/mol. The number of carbonyl (C=O) groups is 1. The Morgan fingerprint density at radius 2 is 2.12 bits per heavy atom. The van der Waals surface area contributed by atoms with Crippen LogP contribution in [0.1, 0.15) is 24.5 Å². The molecule has 1 aliphatic carbocycles. The van der Waals surface area contributed by atoms with Crippen LogP contribution >= 0.6 is 22.9 Å². The van der Waals surface area contributed by atoms with Gasteiger partial charge >= 0.3 is 6.03 Å². The molecule has 0 saturated heterocycles. The standard InChI is InChI=1S/C19H19ClN4OS/c20-14-4-1-2-5-15(14)22-19(25)21-9-10-24-17(13-7-8-13)12-16(23-24)18-6-3-11-26-18/h1-6,11-13H,7-10H2,(H2,21,22,25). The molecule has 2 amide bonds. The van der Waals surface area contributed by atoms with Gasteiger partial charge in [-0.1, -0.05) is 29.8 Å². The van der Waals surface area contributed by atoms with Crippen LogP contribution in [0.15, 0.2) is 47.8 Å². The van der Waals surface area contributed by atoms with Gasteiger partial charge < -0.3 is 10.6 Å². The van der Waals surface area contributed by atoms with Crippen LogP contribution in [0.3, 0.4) is 0 Å². The lowest BCUT2D eigenvalue weighted by Gasteiger charge is -2.10. The van der Waals surface area contributed by atoms with Crippen molar-refractivity contribution in [2.24, 2.45) is 0 Å². The third-order valence-electron chi connectivity index (χ3n) is 4.31. The molecule has 26 heavy (non-hydrogen) atoms. The Kier molecular flexibility index (Phi) is 4.95. The predicted molar refractivity (Wildman–Crippen MR) is 106 cm³/mol. The van der Waals surface area contributed by atoms with E-state index in [1.165, 1.54) is 23.4 Å². The summed E-state index contributed by atoms with van der Waals surface area (Å²) in [5.74, 6) is 0.605. The van der Waals surface area contributed by atoms with Gasteiger partial charge in [-0.3, -0.25) is 4.68 Å². The van der Waals surface area contributed by atoms with Crippen LogP contribution < -0.4 is 10.6 Å². The van der Waals surface area contributed by atoms with Gasteiger partial charge in [0, 0.05) is 18.2 Å². The number of halogens is 1. The van der Waals surface area contributed by atoms with Crippen molar-refractivity contribution in [3.05, 3.63) is 58.6 Å². The van der Waals surface area contributed by atoms with Crippen molar-refractivity contribution >= 4 is 34.7 Å². The first kappa shape index (κ1) is 17.1. The molecule has 3 aromatic rings. The fourth-order valence-corrected chi connectivity index (χ4v) is 3.73. The Labute approximate surface area is 161 Å². The molecule has 0 aliphatic heterocycles. The first-order valence-corrected chi connectivity index (χ1v) is 9.87. The van der Waals surface area contributed by atoms with E-state index in [0.717, 1.165) is 5.69 Å². The maximum Gasteiger partial charge on any atom is 0.319 e. The number of amides is 2. The number of hydrogen-bond donors (Lipinski definition) is 2. The molecule has 0 bridgehead atoms. The fraction of sp³-hybridized carbons (Fsp3) is 0.263. The van der Waals surface area contributed by atoms with Crippen LogP contribution in [0, 0.1) is 0 Å². The molecule has 1 fully saturated rings. The van der Waals surface area contributed by atoms with Gasteiger partial charge in [-0.25, -0.2) is 4.79 Å². The first-order valence-electron chi connectivity index (χ1n) is 8.62. The van der Waals surface area contributed by atoms with E-state index in [0.29, 0.717) is 29.7 Å². The van der Waals surface area contributed by atoms with Gasteiger partial charge in [0.15, 0.2) is 0 Å². The van der Waals surface area contributed by atoms with Crippen molar-refractivity contribution in [2.45, 2.75) is 25.3 Å². The fourth-order valence-electron chi connectivity index (χ4n) is 2.87. The SMILES string of the molecule is O=C(NCCn1nc(-c2cccs2)cc1C1CC1)Nc1ccccc1Cl. The Bertz CT molecular complexity index is 902. The van der Waals surface area contributed by atoms with Crippen LogP contribution in [0.4, 0.5) is 10.5 Å². The molecule has 2 aromatic heterocycles. The van der Waals surface area contributed by atoms with E-state index in [2.05, 4.69) is 28.1 Å². The summed E-state index contributed by atoms with van der Waals surface area (Å²) in [6.45, 7) is 1.15. The molecule has 134 valence electrons. The van der Waals surface area contributed by atoms with Crippen LogP contribution in [0.5, 0.6) is 0 Å². The number of benzene rings is 1. The molecular formula is C19H19ClN4OS. The van der Waals surface area contributed by atoms with Gasteiger partial charge in [0.05, 0.1) is 22.1 Å². The molecule has 0 radical (unpaired) electrons. The van der Waals surface area contributed by atoms with E-state index in [9.17, 15) is 4.79 Å². The van der Waals surface area contributed by atoms with Gasteiger partial charge in [-0.2, -0.15) is 5.10 Å². The summed E-state index contributed by atoms with van der Waals surface area (Å²) in [6, 6.07) is 13.2. The average molecular weight is 387 g/mol. The van der Waals surface area contributed by atoms with Crippen molar-refractivity contribution in [3.8, 4) is 10.6 Å². The number of urea groups is 1. The zero-order valence-electron chi connectivity index (χ0n) is 14.1. The Morgan fingerprint density at radius 1 is 1.27 bits per heavy atom. The van der Waals surface area contributed by atoms with E-state index in [1.807, 2.05) is 22.9 Å². The molecule has 4 rings (SSSR count). The van der Waals surface area contributed by atoms with E-state index in [1.54, 1.807) is 23.5 Å². The molecule has 1 aromatic carbocycles. The molecule has 2 N–H and O–H groups in total. The zero-order valence-corrected chi connectivity index (χ0v) is 15.7. The summed E-state index contributed by atoms with van der Waals surface area (Å²) in [7, 11) is 0. The van der Waals surface area contributed by atoms with Crippen molar-refractivity contribution in [1.29, 1.82) is 0 Å². The summed E-state index contributed by atoms with van der Waals surface area (Å²) < 4.78 is 2.03. The maximum absolute atomic E-state index is 12.1. The summed E-state index contributed by atoms with van der Waals surface area (Å²) in [5, 5.41) is 13.0. The van der Waals surface area contributed by atoms with E-state index in [-0.39, 0.29) is 6.03 Å². The number of rotatable bonds is 6. The monoisotopic (exact) mass is 386 g/mol. The molecule has 1 aliphatic rings. The summed E-state index contributed by atoms with van der Waals surface area (Å²) in [6.07, 6.45) is 2.44. The molecule has 0 unspecified atom stereocenters. The summed E-state index contributed by atoms with van der Waals surface area (Å²) >= 11 is 7.75. The number of aromatic nitrogens is 2. The lowest BCUT2D eigenvalue weighted by atomic mass is 10.2. The number of anilines is 1. The molecule has 2 heterocycles. The molecule has 0 spiro atoms. The van der Waals surface area contributed by atoms with Gasteiger partial charge in [-0.05, 0) is 42.5 Å². The number of hydrogen-bond acceptors (Lipinski definition) is 3. The predicted octanol–water partition coefficient (Wildman–Crippen LogP) is 4.96. The highest BCUT2D eigenvalue weighted by Crippen LogP contribution is 2.41. The molecule has 0 atom stereocenters. The van der Waals surface area contributed by atoms with E-state index >= 15 is 0 Å². The highest BCUT2D eigenvalue weighted by Gasteiger charge is 2.28. The average Bonchev–Trinajstić information content (AvgIpc) is 3.16. The van der Waals surface area contributed by atoms with Gasteiger partial charge in [0.2, 0.25) is 0 Å². The second kappa shape index (κ2) is 7.51. The van der Waals surface area contributed by atoms with Gasteiger partial charge in [0.1, 0.15) is 5.69 Å². The first-order chi connectivity index (χ1) is 12.7. The second-order valence-corrected chi connectivity index (χ2v) is 7.64. The highest BCUT2D eigenvalue weighted by atomic mass is 35.5. The summed E-state index contributed by atoms with van der Waals surface area (Å²) in [5.41, 5.74) is 2.88. The number of nitrogens with zero attached hydrogens (tertiary/aromatic N) is 2. The molecule has 1 saturated carbocycles. The zero-order chi connectivity index (χ0) is 17.9. The molecule has 5 nitrogen and oxygen atoms in total. The van der Waals surface area contributed by atoms with E-state index < -0.39 is 0 Å². The normalized spacial score (nSPS) is 13.6. The van der Waals surface area contributed by atoms with Crippen molar-refractivity contribution in [2.75, 3.05) is 11.9 Å². The third-order valence-corrected chi connectivity index (χ3v) is 5.53. The Hall–Kier alpha value is -2.31. The van der Waals surface area contributed by atoms with Crippen LogP contribution in [-0.2, 0) is 6.54 Å². The second-order valence-electron chi connectivity index (χ2n) is 6.29. The van der Waals surface area contributed by atoms with E-state index in [4.69, 9.17) is 16.7 Å². The largest absolute Gasteiger partial charge is 0.336 e. The minimum absolute atomic E-state index is 0.267. The van der Waals surface area contributed by atoms with Crippen LogP contribution in [0.2, 0.25) is 5.02 Å². The van der Waals surface area contributed by atoms with Crippen LogP contribution in [0.25, 0.3) is 10.6 Å². The van der Waals surface area contributed by atoms with Gasteiger partial charge in [0.25, 0.3) is 0 Å². The van der Waals surface area contributed by atoms with Crippen molar-refractivity contribution in [1.82, 2.24) is 15.1 Å². The van der Waals surface area contributed by atoms with Crippen molar-refractivity contribution < 1.29 is 4.79 Å². The quantitative estimate of drug-likeness (QED) is 0.628. The lowest BCUT2D eigenvalue weighted by molar-refractivity contribution is 0.251.